The third kappa shape index (κ3) is 5.88. The number of hydrogen-bond acceptors (Lipinski definition) is 4. The van der Waals surface area contributed by atoms with Gasteiger partial charge in [0.15, 0.2) is 0 Å². The zero-order valence-corrected chi connectivity index (χ0v) is 9.87. The summed E-state index contributed by atoms with van der Waals surface area (Å²) in [5, 5.41) is 0. The van der Waals surface area contributed by atoms with Crippen molar-refractivity contribution in [2.45, 2.75) is 32.3 Å². The highest BCUT2D eigenvalue weighted by Gasteiger charge is 2.21. The molecule has 1 aliphatic rings. The van der Waals surface area contributed by atoms with Gasteiger partial charge in [-0.05, 0) is 19.3 Å². The van der Waals surface area contributed by atoms with E-state index in [9.17, 15) is 4.79 Å². The van der Waals surface area contributed by atoms with Crippen LogP contribution in [0.25, 0.3) is 0 Å². The number of carbonyl (C=O) groups is 1. The van der Waals surface area contributed by atoms with Crippen molar-refractivity contribution in [2.24, 2.45) is 0 Å². The molecule has 1 unspecified atom stereocenters. The molecule has 0 aromatic carbocycles. The van der Waals surface area contributed by atoms with Crippen LogP contribution in [0, 0.1) is 0 Å². The van der Waals surface area contributed by atoms with Gasteiger partial charge in [0.2, 0.25) is 0 Å². The second-order valence-corrected chi connectivity index (χ2v) is 3.83. The van der Waals surface area contributed by atoms with E-state index in [4.69, 9.17) is 14.2 Å². The minimum Gasteiger partial charge on any atom is -0.462 e. The molecular formula is C12H20O4. The van der Waals surface area contributed by atoms with Crippen molar-refractivity contribution in [1.82, 2.24) is 0 Å². The summed E-state index contributed by atoms with van der Waals surface area (Å²) in [5.74, 6) is -0.283. The standard InChI is InChI=1S/C12H20O4/c1-3-10(2)12(13)15-7-5-4-6-14-8-11-9-16-11/h11H,2-9H2,1H3. The Morgan fingerprint density at radius 2 is 2.12 bits per heavy atom. The minimum absolute atomic E-state index is 0.283. The van der Waals surface area contributed by atoms with E-state index in [1.54, 1.807) is 0 Å². The molecule has 0 bridgehead atoms. The summed E-state index contributed by atoms with van der Waals surface area (Å²) in [7, 11) is 0. The van der Waals surface area contributed by atoms with E-state index in [-0.39, 0.29) is 5.97 Å². The Kier molecular flexibility index (Phi) is 6.11. The maximum atomic E-state index is 11.2. The summed E-state index contributed by atoms with van der Waals surface area (Å²) < 4.78 is 15.4. The van der Waals surface area contributed by atoms with Gasteiger partial charge in [-0.25, -0.2) is 4.79 Å². The Morgan fingerprint density at radius 1 is 1.44 bits per heavy atom. The first-order valence-corrected chi connectivity index (χ1v) is 5.78. The lowest BCUT2D eigenvalue weighted by Gasteiger charge is -2.05. The smallest absolute Gasteiger partial charge is 0.333 e. The van der Waals surface area contributed by atoms with Crippen molar-refractivity contribution in [3.05, 3.63) is 12.2 Å². The van der Waals surface area contributed by atoms with Gasteiger partial charge in [-0.1, -0.05) is 13.5 Å². The lowest BCUT2D eigenvalue weighted by atomic mass is 10.2. The summed E-state index contributed by atoms with van der Waals surface area (Å²) in [6.07, 6.45) is 2.70. The zero-order valence-electron chi connectivity index (χ0n) is 9.87. The summed E-state index contributed by atoms with van der Waals surface area (Å²) in [5.41, 5.74) is 0.530. The van der Waals surface area contributed by atoms with Crippen LogP contribution in [0.5, 0.6) is 0 Å². The van der Waals surface area contributed by atoms with E-state index in [0.29, 0.717) is 37.9 Å². The summed E-state index contributed by atoms with van der Waals surface area (Å²) in [6.45, 7) is 8.16. The molecule has 16 heavy (non-hydrogen) atoms. The summed E-state index contributed by atoms with van der Waals surface area (Å²) in [6, 6.07) is 0. The Labute approximate surface area is 96.6 Å². The molecule has 1 atom stereocenters. The van der Waals surface area contributed by atoms with E-state index in [1.807, 2.05) is 6.92 Å². The fraction of sp³-hybridized carbons (Fsp3) is 0.750. The van der Waals surface area contributed by atoms with Gasteiger partial charge in [-0.15, -0.1) is 0 Å². The molecule has 1 rings (SSSR count). The van der Waals surface area contributed by atoms with E-state index in [0.717, 1.165) is 19.4 Å². The van der Waals surface area contributed by atoms with Crippen molar-refractivity contribution in [1.29, 1.82) is 0 Å². The average Bonchev–Trinajstić information content (AvgIpc) is 3.10. The van der Waals surface area contributed by atoms with E-state index in [1.165, 1.54) is 0 Å². The first-order chi connectivity index (χ1) is 7.74. The molecule has 4 nitrogen and oxygen atoms in total. The van der Waals surface area contributed by atoms with Gasteiger partial charge in [-0.3, -0.25) is 0 Å². The van der Waals surface area contributed by atoms with Gasteiger partial charge in [0.1, 0.15) is 6.10 Å². The predicted molar refractivity (Wildman–Crippen MR) is 60.2 cm³/mol. The van der Waals surface area contributed by atoms with Gasteiger partial charge >= 0.3 is 5.97 Å². The Balaban J connectivity index is 1.83. The Bertz CT molecular complexity index is 233. The number of hydrogen-bond donors (Lipinski definition) is 0. The van der Waals surface area contributed by atoms with Crippen LogP contribution in [0.15, 0.2) is 12.2 Å². The Morgan fingerprint density at radius 3 is 2.75 bits per heavy atom. The van der Waals surface area contributed by atoms with Gasteiger partial charge in [0.05, 0.1) is 19.8 Å². The number of unbranched alkanes of at least 4 members (excludes halogenated alkanes) is 1. The number of epoxide rings is 1. The molecule has 0 aromatic heterocycles. The quantitative estimate of drug-likeness (QED) is 0.261. The molecule has 0 amide bonds. The largest absolute Gasteiger partial charge is 0.462 e. The second-order valence-electron chi connectivity index (χ2n) is 3.83. The molecule has 92 valence electrons. The molecule has 1 saturated heterocycles. The average molecular weight is 228 g/mol. The fourth-order valence-corrected chi connectivity index (χ4v) is 1.10. The van der Waals surface area contributed by atoms with Crippen molar-refractivity contribution < 1.29 is 19.0 Å². The molecule has 1 aliphatic heterocycles. The Hall–Kier alpha value is -0.870. The SMILES string of the molecule is C=C(CC)C(=O)OCCCCOCC1CO1. The summed E-state index contributed by atoms with van der Waals surface area (Å²) >= 11 is 0. The van der Waals surface area contributed by atoms with Gasteiger partial charge in [-0.2, -0.15) is 0 Å². The third-order valence-electron chi connectivity index (χ3n) is 2.34. The van der Waals surface area contributed by atoms with Crippen molar-refractivity contribution in [3.8, 4) is 0 Å². The molecule has 0 spiro atoms. The number of ether oxygens (including phenoxy) is 3. The number of esters is 1. The zero-order chi connectivity index (χ0) is 11.8. The van der Waals surface area contributed by atoms with Crippen LogP contribution in [0.3, 0.4) is 0 Å². The van der Waals surface area contributed by atoms with Crippen LogP contribution < -0.4 is 0 Å². The van der Waals surface area contributed by atoms with Crippen LogP contribution in [0.1, 0.15) is 26.2 Å². The van der Waals surface area contributed by atoms with E-state index >= 15 is 0 Å². The van der Waals surface area contributed by atoms with Crippen molar-refractivity contribution in [2.75, 3.05) is 26.4 Å². The molecule has 4 heteroatoms. The van der Waals surface area contributed by atoms with Gasteiger partial charge < -0.3 is 14.2 Å². The molecule has 0 N–H and O–H groups in total. The monoisotopic (exact) mass is 228 g/mol. The maximum Gasteiger partial charge on any atom is 0.333 e. The first-order valence-electron chi connectivity index (χ1n) is 5.78. The van der Waals surface area contributed by atoms with Crippen molar-refractivity contribution in [3.63, 3.8) is 0 Å². The number of carbonyl (C=O) groups excluding carboxylic acids is 1. The summed E-state index contributed by atoms with van der Waals surface area (Å²) in [4.78, 5) is 11.2. The normalized spacial score (nSPS) is 18.2. The molecule has 0 aromatic rings. The fourth-order valence-electron chi connectivity index (χ4n) is 1.10. The highest BCUT2D eigenvalue weighted by Crippen LogP contribution is 2.08. The number of rotatable bonds is 9. The molecule has 0 radical (unpaired) electrons. The maximum absolute atomic E-state index is 11.2. The molecule has 1 heterocycles. The van der Waals surface area contributed by atoms with Crippen LogP contribution in [0.2, 0.25) is 0 Å². The minimum atomic E-state index is -0.283. The van der Waals surface area contributed by atoms with Crippen LogP contribution in [-0.2, 0) is 19.0 Å². The lowest BCUT2D eigenvalue weighted by Crippen LogP contribution is -2.09. The first kappa shape index (κ1) is 13.2. The second kappa shape index (κ2) is 7.41. The van der Waals surface area contributed by atoms with E-state index < -0.39 is 0 Å². The highest BCUT2D eigenvalue weighted by atomic mass is 16.6. The topological polar surface area (TPSA) is 48.1 Å². The van der Waals surface area contributed by atoms with E-state index in [2.05, 4.69) is 6.58 Å². The van der Waals surface area contributed by atoms with Crippen LogP contribution >= 0.6 is 0 Å². The van der Waals surface area contributed by atoms with Gasteiger partial charge in [0, 0.05) is 12.2 Å². The van der Waals surface area contributed by atoms with Crippen LogP contribution in [0.4, 0.5) is 0 Å². The van der Waals surface area contributed by atoms with Crippen molar-refractivity contribution >= 4 is 5.97 Å². The molecule has 0 saturated carbocycles. The highest BCUT2D eigenvalue weighted by molar-refractivity contribution is 5.87. The van der Waals surface area contributed by atoms with Gasteiger partial charge in [0.25, 0.3) is 0 Å². The molecular weight excluding hydrogens is 208 g/mol. The van der Waals surface area contributed by atoms with Crippen LogP contribution in [-0.4, -0.2) is 38.5 Å². The predicted octanol–water partition coefficient (Wildman–Crippen LogP) is 1.69. The lowest BCUT2D eigenvalue weighted by molar-refractivity contribution is -0.139. The third-order valence-corrected chi connectivity index (χ3v) is 2.34. The molecule has 1 fully saturated rings. The molecule has 0 aliphatic carbocycles.